The fraction of sp³-hybridized carbons (Fsp3) is 0.222. The second-order valence-corrected chi connectivity index (χ2v) is 5.11. The highest BCUT2D eigenvalue weighted by molar-refractivity contribution is 5.91. The first kappa shape index (κ1) is 19.2. The summed E-state index contributed by atoms with van der Waals surface area (Å²) in [6.07, 6.45) is 0. The average molecular weight is 365 g/mol. The Labute approximate surface area is 148 Å². The molecule has 6 nitrogen and oxygen atoms in total. The lowest BCUT2D eigenvalue weighted by Gasteiger charge is -2.08. The molecule has 0 atom stereocenters. The minimum atomic E-state index is -3.00. The normalized spacial score (nSPS) is 10.3. The van der Waals surface area contributed by atoms with Crippen molar-refractivity contribution in [2.45, 2.75) is 13.2 Å². The minimum absolute atomic E-state index is 0.00565. The number of nitrogens with one attached hydrogen (secondary N) is 1. The van der Waals surface area contributed by atoms with Gasteiger partial charge in [-0.3, -0.25) is 4.79 Å². The Kier molecular flexibility index (Phi) is 6.90. The Morgan fingerprint density at radius 2 is 1.81 bits per heavy atom. The zero-order valence-electron chi connectivity index (χ0n) is 13.9. The zero-order valence-corrected chi connectivity index (χ0v) is 13.9. The number of halogens is 2. The highest BCUT2D eigenvalue weighted by Crippen LogP contribution is 2.16. The molecule has 2 aromatic rings. The van der Waals surface area contributed by atoms with Crippen LogP contribution in [0.15, 0.2) is 48.5 Å². The second-order valence-electron chi connectivity index (χ2n) is 5.11. The minimum Gasteiger partial charge on any atom is -0.497 e. The first-order valence-electron chi connectivity index (χ1n) is 7.59. The third-order valence-corrected chi connectivity index (χ3v) is 3.28. The smallest absolute Gasteiger partial charge is 0.387 e. The summed E-state index contributed by atoms with van der Waals surface area (Å²) in [6, 6.07) is 12.2. The van der Waals surface area contributed by atoms with Crippen LogP contribution in [0.1, 0.15) is 15.9 Å². The molecule has 0 spiro atoms. The number of carbonyl (C=O) groups excluding carboxylic acids is 2. The predicted molar refractivity (Wildman–Crippen MR) is 88.2 cm³/mol. The number of hydrogen-bond acceptors (Lipinski definition) is 5. The summed E-state index contributed by atoms with van der Waals surface area (Å²) in [6.45, 7) is -3.22. The topological polar surface area (TPSA) is 73.9 Å². The highest BCUT2D eigenvalue weighted by atomic mass is 19.3. The average Bonchev–Trinajstić information content (AvgIpc) is 2.64. The van der Waals surface area contributed by atoms with Crippen LogP contribution in [0, 0.1) is 0 Å². The van der Waals surface area contributed by atoms with Gasteiger partial charge in [0.15, 0.2) is 6.61 Å². The molecule has 0 fully saturated rings. The molecule has 26 heavy (non-hydrogen) atoms. The van der Waals surface area contributed by atoms with Crippen molar-refractivity contribution in [2.75, 3.05) is 13.7 Å². The molecule has 2 aromatic carbocycles. The Bertz CT molecular complexity index is 750. The fourth-order valence-electron chi connectivity index (χ4n) is 2.01. The first-order chi connectivity index (χ1) is 12.5. The molecule has 0 aliphatic heterocycles. The van der Waals surface area contributed by atoms with Gasteiger partial charge in [-0.25, -0.2) is 4.79 Å². The molecule has 2 rings (SSSR count). The Hall–Kier alpha value is -3.16. The van der Waals surface area contributed by atoms with Crippen LogP contribution in [0.4, 0.5) is 8.78 Å². The van der Waals surface area contributed by atoms with Crippen LogP contribution < -0.4 is 14.8 Å². The van der Waals surface area contributed by atoms with Crippen molar-refractivity contribution in [1.29, 1.82) is 0 Å². The van der Waals surface area contributed by atoms with Crippen LogP contribution in [0.2, 0.25) is 0 Å². The molecule has 0 aliphatic rings. The van der Waals surface area contributed by atoms with Gasteiger partial charge in [0.1, 0.15) is 11.5 Å². The third-order valence-electron chi connectivity index (χ3n) is 3.28. The zero-order chi connectivity index (χ0) is 18.9. The van der Waals surface area contributed by atoms with Gasteiger partial charge in [0, 0.05) is 6.54 Å². The number of benzene rings is 2. The van der Waals surface area contributed by atoms with Crippen molar-refractivity contribution >= 4 is 11.9 Å². The number of alkyl halides is 2. The monoisotopic (exact) mass is 365 g/mol. The van der Waals surface area contributed by atoms with Crippen LogP contribution >= 0.6 is 0 Å². The molecule has 0 unspecified atom stereocenters. The SMILES string of the molecule is COc1ccc(CNC(=O)COC(=O)c2cccc(OC(F)F)c2)cc1. The van der Waals surface area contributed by atoms with Crippen molar-refractivity contribution in [2.24, 2.45) is 0 Å². The lowest BCUT2D eigenvalue weighted by atomic mass is 10.2. The summed E-state index contributed by atoms with van der Waals surface area (Å²) < 4.78 is 38.5. The summed E-state index contributed by atoms with van der Waals surface area (Å²) in [5.41, 5.74) is 0.855. The van der Waals surface area contributed by atoms with E-state index < -0.39 is 25.1 Å². The van der Waals surface area contributed by atoms with Crippen molar-refractivity contribution in [3.63, 3.8) is 0 Å². The largest absolute Gasteiger partial charge is 0.497 e. The Morgan fingerprint density at radius 3 is 2.46 bits per heavy atom. The van der Waals surface area contributed by atoms with E-state index in [0.717, 1.165) is 11.6 Å². The van der Waals surface area contributed by atoms with Gasteiger partial charge in [-0.1, -0.05) is 18.2 Å². The molecule has 0 bridgehead atoms. The van der Waals surface area contributed by atoms with E-state index >= 15 is 0 Å². The number of amides is 1. The Balaban J connectivity index is 1.80. The van der Waals surface area contributed by atoms with Crippen LogP contribution in [0.3, 0.4) is 0 Å². The third kappa shape index (κ3) is 6.04. The second kappa shape index (κ2) is 9.36. The summed E-state index contributed by atoms with van der Waals surface area (Å²) in [7, 11) is 1.56. The van der Waals surface area contributed by atoms with Crippen molar-refractivity contribution in [3.05, 3.63) is 59.7 Å². The number of hydrogen-bond donors (Lipinski definition) is 1. The predicted octanol–water partition coefficient (Wildman–Crippen LogP) is 2.77. The molecular formula is C18H17F2NO5. The summed E-state index contributed by atoms with van der Waals surface area (Å²) in [5, 5.41) is 2.60. The van der Waals surface area contributed by atoms with E-state index in [0.29, 0.717) is 5.75 Å². The van der Waals surface area contributed by atoms with Gasteiger partial charge < -0.3 is 19.5 Å². The number of ether oxygens (including phenoxy) is 3. The van der Waals surface area contributed by atoms with Crippen LogP contribution in [0.25, 0.3) is 0 Å². The molecule has 0 saturated heterocycles. The molecule has 8 heteroatoms. The summed E-state index contributed by atoms with van der Waals surface area (Å²) >= 11 is 0. The van der Waals surface area contributed by atoms with Gasteiger partial charge in [0.05, 0.1) is 12.7 Å². The van der Waals surface area contributed by atoms with Gasteiger partial charge >= 0.3 is 12.6 Å². The first-order valence-corrected chi connectivity index (χ1v) is 7.59. The lowest BCUT2D eigenvalue weighted by molar-refractivity contribution is -0.124. The molecule has 0 heterocycles. The van der Waals surface area contributed by atoms with E-state index in [1.165, 1.54) is 18.2 Å². The Morgan fingerprint density at radius 1 is 1.08 bits per heavy atom. The van der Waals surface area contributed by atoms with E-state index in [-0.39, 0.29) is 17.9 Å². The molecular weight excluding hydrogens is 348 g/mol. The van der Waals surface area contributed by atoms with Crippen molar-refractivity contribution in [3.8, 4) is 11.5 Å². The standard InChI is InChI=1S/C18H17F2NO5/c1-24-14-7-5-12(6-8-14)10-21-16(22)11-25-17(23)13-3-2-4-15(9-13)26-18(19)20/h2-9,18H,10-11H2,1H3,(H,21,22). The molecule has 1 N–H and O–H groups in total. The van der Waals surface area contributed by atoms with E-state index in [9.17, 15) is 18.4 Å². The van der Waals surface area contributed by atoms with Gasteiger partial charge in [0.2, 0.25) is 0 Å². The fourth-order valence-corrected chi connectivity index (χ4v) is 2.01. The maximum Gasteiger partial charge on any atom is 0.387 e. The summed E-state index contributed by atoms with van der Waals surface area (Å²) in [5.74, 6) is -0.774. The van der Waals surface area contributed by atoms with Gasteiger partial charge in [-0.2, -0.15) is 8.78 Å². The molecule has 0 saturated carbocycles. The van der Waals surface area contributed by atoms with E-state index in [4.69, 9.17) is 9.47 Å². The van der Waals surface area contributed by atoms with Gasteiger partial charge in [-0.15, -0.1) is 0 Å². The van der Waals surface area contributed by atoms with Crippen LogP contribution in [-0.4, -0.2) is 32.2 Å². The van der Waals surface area contributed by atoms with Gasteiger partial charge in [0.25, 0.3) is 5.91 Å². The number of methoxy groups -OCH3 is 1. The maximum absolute atomic E-state index is 12.2. The summed E-state index contributed by atoms with van der Waals surface area (Å²) in [4.78, 5) is 23.6. The van der Waals surface area contributed by atoms with Crippen molar-refractivity contribution < 1.29 is 32.6 Å². The molecule has 1 amide bonds. The van der Waals surface area contributed by atoms with Crippen molar-refractivity contribution in [1.82, 2.24) is 5.32 Å². The quantitative estimate of drug-likeness (QED) is 0.728. The number of rotatable bonds is 8. The number of esters is 1. The lowest BCUT2D eigenvalue weighted by Crippen LogP contribution is -2.28. The highest BCUT2D eigenvalue weighted by Gasteiger charge is 2.12. The van der Waals surface area contributed by atoms with E-state index in [2.05, 4.69) is 10.1 Å². The van der Waals surface area contributed by atoms with Crippen LogP contribution in [-0.2, 0) is 16.1 Å². The molecule has 0 radical (unpaired) electrons. The van der Waals surface area contributed by atoms with Crippen LogP contribution in [0.5, 0.6) is 11.5 Å². The molecule has 0 aliphatic carbocycles. The molecule has 0 aromatic heterocycles. The number of carbonyl (C=O) groups is 2. The van der Waals surface area contributed by atoms with E-state index in [1.54, 1.807) is 31.4 Å². The van der Waals surface area contributed by atoms with E-state index in [1.807, 2.05) is 0 Å². The van der Waals surface area contributed by atoms with Gasteiger partial charge in [-0.05, 0) is 35.9 Å². The maximum atomic E-state index is 12.2. The molecule has 138 valence electrons.